The number of hydrogen-bond acceptors (Lipinski definition) is 2. The van der Waals surface area contributed by atoms with Crippen molar-refractivity contribution in [3.05, 3.63) is 29.8 Å². The lowest BCUT2D eigenvalue weighted by molar-refractivity contribution is -0.144. The van der Waals surface area contributed by atoms with Crippen molar-refractivity contribution in [3.8, 4) is 0 Å². The second-order valence-corrected chi connectivity index (χ2v) is 3.85. The molecule has 0 saturated carbocycles. The van der Waals surface area contributed by atoms with Crippen LogP contribution in [0.5, 0.6) is 0 Å². The largest absolute Gasteiger partial charge is 0.326 e. The van der Waals surface area contributed by atoms with Crippen LogP contribution in [0.1, 0.15) is 59.4 Å². The Morgan fingerprint density at radius 1 is 1.10 bits per heavy atom. The first-order valence-electron chi connectivity index (χ1n) is 7.30. The molecule has 0 aliphatic carbocycles. The Kier molecular flexibility index (Phi) is 16.3. The van der Waals surface area contributed by atoms with Crippen LogP contribution in [0.25, 0.3) is 0 Å². The highest BCUT2D eigenvalue weighted by atomic mass is 19.3. The van der Waals surface area contributed by atoms with Crippen molar-refractivity contribution in [3.63, 3.8) is 0 Å². The number of unbranched alkanes of at least 4 members (excludes halogenated alkanes) is 1. The molecular formula is C16H28FNO2. The fraction of sp³-hybridized carbons (Fsp3) is 0.562. The molecule has 1 aromatic carbocycles. The van der Waals surface area contributed by atoms with E-state index in [0.717, 1.165) is 5.56 Å². The van der Waals surface area contributed by atoms with Gasteiger partial charge < -0.3 is 5.32 Å². The molecule has 0 heterocycles. The van der Waals surface area contributed by atoms with Crippen LogP contribution in [0.4, 0.5) is 10.2 Å². The van der Waals surface area contributed by atoms with Crippen LogP contribution in [-0.4, -0.2) is 5.91 Å². The summed E-state index contributed by atoms with van der Waals surface area (Å²) in [5, 5.41) is 2.69. The van der Waals surface area contributed by atoms with Gasteiger partial charge in [0.25, 0.3) is 0 Å². The summed E-state index contributed by atoms with van der Waals surface area (Å²) in [6.45, 7) is 10.1. The molecule has 0 aromatic heterocycles. The molecule has 3 nitrogen and oxygen atoms in total. The predicted molar refractivity (Wildman–Crippen MR) is 83.2 cm³/mol. The fourth-order valence-corrected chi connectivity index (χ4v) is 0.997. The van der Waals surface area contributed by atoms with Crippen LogP contribution in [0, 0.1) is 0 Å². The number of hydrogen-bond donors (Lipinski definition) is 1. The minimum absolute atomic E-state index is 0.0421. The Bertz CT molecular complexity index is 324. The molecular weight excluding hydrogens is 257 g/mol. The highest BCUT2D eigenvalue weighted by molar-refractivity contribution is 5.90. The molecule has 0 unspecified atom stereocenters. The minimum atomic E-state index is -0.0675. The van der Waals surface area contributed by atoms with Crippen molar-refractivity contribution in [1.29, 1.82) is 0 Å². The number of rotatable bonds is 5. The van der Waals surface area contributed by atoms with Gasteiger partial charge in [-0.05, 0) is 22.2 Å². The molecule has 0 atom stereocenters. The quantitative estimate of drug-likeness (QED) is 0.800. The van der Waals surface area contributed by atoms with Crippen LogP contribution >= 0.6 is 0 Å². The van der Waals surface area contributed by atoms with Crippen LogP contribution in [0.15, 0.2) is 24.3 Å². The van der Waals surface area contributed by atoms with Crippen LogP contribution < -0.4 is 5.32 Å². The zero-order valence-corrected chi connectivity index (χ0v) is 13.3. The minimum Gasteiger partial charge on any atom is -0.326 e. The van der Waals surface area contributed by atoms with Gasteiger partial charge in [-0.15, -0.1) is 0 Å². The number of halogens is 1. The molecule has 20 heavy (non-hydrogen) atoms. The van der Waals surface area contributed by atoms with Gasteiger partial charge in [-0.2, -0.15) is 4.94 Å². The number of carbonyl (C=O) groups is 1. The summed E-state index contributed by atoms with van der Waals surface area (Å²) in [5.74, 6) is -0.0421. The maximum absolute atomic E-state index is 11.5. The Morgan fingerprint density at radius 3 is 1.95 bits per heavy atom. The van der Waals surface area contributed by atoms with E-state index in [-0.39, 0.29) is 12.5 Å². The van der Waals surface area contributed by atoms with Crippen molar-refractivity contribution in [1.82, 2.24) is 0 Å². The molecule has 0 aliphatic heterocycles. The third-order valence-corrected chi connectivity index (χ3v) is 2.28. The second-order valence-electron chi connectivity index (χ2n) is 3.85. The van der Waals surface area contributed by atoms with Crippen molar-refractivity contribution in [2.24, 2.45) is 0 Å². The zero-order valence-electron chi connectivity index (χ0n) is 13.3. The van der Waals surface area contributed by atoms with Gasteiger partial charge in [0.05, 0.1) is 0 Å². The van der Waals surface area contributed by atoms with Crippen LogP contribution in [0.2, 0.25) is 0 Å². The normalized spacial score (nSPS) is 8.70. The summed E-state index contributed by atoms with van der Waals surface area (Å²) < 4.78 is 11.5. The number of benzene rings is 1. The van der Waals surface area contributed by atoms with Crippen molar-refractivity contribution < 1.29 is 14.3 Å². The summed E-state index contributed by atoms with van der Waals surface area (Å²) in [6, 6.07) is 6.82. The van der Waals surface area contributed by atoms with Gasteiger partial charge in [0.15, 0.2) is 0 Å². The Labute approximate surface area is 122 Å². The molecule has 0 aliphatic rings. The first kappa shape index (κ1) is 20.9. The van der Waals surface area contributed by atoms with Gasteiger partial charge in [0, 0.05) is 12.1 Å². The zero-order chi connectivity index (χ0) is 15.8. The van der Waals surface area contributed by atoms with Gasteiger partial charge in [-0.1, -0.05) is 59.6 Å². The van der Waals surface area contributed by atoms with E-state index < -0.39 is 0 Å². The second kappa shape index (κ2) is 15.6. The Balaban J connectivity index is 0. The molecule has 4 heteroatoms. The van der Waals surface area contributed by atoms with Crippen LogP contribution in [0.3, 0.4) is 0 Å². The van der Waals surface area contributed by atoms with E-state index in [2.05, 4.69) is 24.1 Å². The van der Waals surface area contributed by atoms with Gasteiger partial charge in [0.2, 0.25) is 5.91 Å². The van der Waals surface area contributed by atoms with Crippen molar-refractivity contribution in [2.75, 3.05) is 5.32 Å². The lowest BCUT2D eigenvalue weighted by Crippen LogP contribution is -2.09. The molecule has 116 valence electrons. The van der Waals surface area contributed by atoms with Gasteiger partial charge in [0.1, 0.15) is 6.61 Å². The smallest absolute Gasteiger partial charge is 0.224 e. The Hall–Kier alpha value is -1.42. The summed E-state index contributed by atoms with van der Waals surface area (Å²) >= 11 is 0. The highest BCUT2D eigenvalue weighted by Crippen LogP contribution is 2.10. The van der Waals surface area contributed by atoms with Crippen LogP contribution in [-0.2, 0) is 16.3 Å². The molecule has 0 fully saturated rings. The molecule has 0 spiro atoms. The topological polar surface area (TPSA) is 38.3 Å². The summed E-state index contributed by atoms with van der Waals surface area (Å²) in [4.78, 5) is 14.5. The van der Waals surface area contributed by atoms with E-state index in [1.54, 1.807) is 31.2 Å². The fourth-order valence-electron chi connectivity index (χ4n) is 0.997. The monoisotopic (exact) mass is 285 g/mol. The number of nitrogens with one attached hydrogen (secondary N) is 1. The summed E-state index contributed by atoms with van der Waals surface area (Å²) in [5.41, 5.74) is 1.43. The lowest BCUT2D eigenvalue weighted by atomic mass is 10.2. The maximum atomic E-state index is 11.5. The first-order valence-corrected chi connectivity index (χ1v) is 7.30. The van der Waals surface area contributed by atoms with E-state index >= 15 is 0 Å². The molecule has 0 saturated heterocycles. The Morgan fingerprint density at radius 2 is 1.60 bits per heavy atom. The van der Waals surface area contributed by atoms with Crippen molar-refractivity contribution >= 4 is 11.6 Å². The molecule has 1 rings (SSSR count). The summed E-state index contributed by atoms with van der Waals surface area (Å²) in [7, 11) is 0. The van der Waals surface area contributed by atoms with Gasteiger partial charge >= 0.3 is 0 Å². The van der Waals surface area contributed by atoms with Crippen molar-refractivity contribution in [2.45, 2.75) is 60.5 Å². The van der Waals surface area contributed by atoms with Gasteiger partial charge in [-0.3, -0.25) is 4.79 Å². The first-order chi connectivity index (χ1) is 9.67. The molecule has 0 radical (unpaired) electrons. The van der Waals surface area contributed by atoms with E-state index in [4.69, 9.17) is 0 Å². The molecule has 1 N–H and O–H groups in total. The third kappa shape index (κ3) is 11.7. The average Bonchev–Trinajstić information content (AvgIpc) is 2.51. The maximum Gasteiger partial charge on any atom is 0.224 e. The average molecular weight is 285 g/mol. The lowest BCUT2D eigenvalue weighted by Gasteiger charge is -2.03. The van der Waals surface area contributed by atoms with Gasteiger partial charge in [-0.25, -0.2) is 0 Å². The number of anilines is 1. The standard InChI is InChI=1S/C10H12FNO2.C4H10.C2H6/c1-2-10(13)12-9-5-3-8(4-6-9)7-14-11;1-3-4-2;1-2/h3-6H,2,7H2,1H3,(H,12,13);3-4H2,1-2H3;1-2H3. The van der Waals surface area contributed by atoms with E-state index in [0.29, 0.717) is 12.1 Å². The molecule has 0 bridgehead atoms. The van der Waals surface area contributed by atoms with E-state index in [9.17, 15) is 9.32 Å². The third-order valence-electron chi connectivity index (χ3n) is 2.28. The number of amides is 1. The highest BCUT2D eigenvalue weighted by Gasteiger charge is 1.98. The summed E-state index contributed by atoms with van der Waals surface area (Å²) in [6.07, 6.45) is 3.08. The van der Waals surface area contributed by atoms with E-state index in [1.165, 1.54) is 12.8 Å². The molecule has 1 amide bonds. The molecule has 1 aromatic rings. The number of carbonyl (C=O) groups excluding carboxylic acids is 1. The SMILES string of the molecule is CC.CCC(=O)Nc1ccc(COF)cc1.CCCC. The van der Waals surface area contributed by atoms with E-state index in [1.807, 2.05) is 13.8 Å². The predicted octanol–water partition coefficient (Wildman–Crippen LogP) is 5.27.